The molecule has 1 heterocycles. The topological polar surface area (TPSA) is 75.4 Å². The monoisotopic (exact) mass is 351 g/mol. The number of fused-ring (bicyclic) bond motifs is 1. The molecule has 136 valence electrons. The molecule has 3 rings (SSSR count). The summed E-state index contributed by atoms with van der Waals surface area (Å²) in [4.78, 5) is 26.6. The van der Waals surface area contributed by atoms with E-state index in [1.807, 2.05) is 54.3 Å². The number of rotatable bonds is 5. The molecule has 0 fully saturated rings. The zero-order valence-electron chi connectivity index (χ0n) is 15.2. The van der Waals surface area contributed by atoms with Crippen LogP contribution in [0.1, 0.15) is 25.0 Å². The maximum Gasteiger partial charge on any atom is 0.231 e. The lowest BCUT2D eigenvalue weighted by Crippen LogP contribution is -2.34. The van der Waals surface area contributed by atoms with Gasteiger partial charge in [0.2, 0.25) is 11.8 Å². The molecule has 5 nitrogen and oxygen atoms in total. The molecule has 0 spiro atoms. The van der Waals surface area contributed by atoms with Crippen LogP contribution in [0.2, 0.25) is 0 Å². The lowest BCUT2D eigenvalue weighted by atomic mass is 10.0. The van der Waals surface area contributed by atoms with Crippen molar-refractivity contribution in [1.82, 2.24) is 0 Å². The van der Waals surface area contributed by atoms with Crippen molar-refractivity contribution in [1.29, 1.82) is 0 Å². The number of para-hydroxylation sites is 1. The summed E-state index contributed by atoms with van der Waals surface area (Å²) in [5.74, 6) is -0.263. The standard InChI is InChI=1S/C21H25N3O2/c1-14(15(2)22)21(26)23-18-9-7-16(8-10-18)13-20(25)24-12-11-17-5-3-4-6-19(17)24/h3-10,14-15H,11-13,22H2,1-2H3,(H,23,26). The molecule has 2 aromatic carbocycles. The smallest absolute Gasteiger partial charge is 0.231 e. The van der Waals surface area contributed by atoms with Crippen LogP contribution in [0.25, 0.3) is 0 Å². The van der Waals surface area contributed by atoms with E-state index >= 15 is 0 Å². The summed E-state index contributed by atoms with van der Waals surface area (Å²) in [6.07, 6.45) is 1.25. The Labute approximate surface area is 154 Å². The second kappa shape index (κ2) is 7.70. The zero-order valence-corrected chi connectivity index (χ0v) is 15.2. The third kappa shape index (κ3) is 3.94. The summed E-state index contributed by atoms with van der Waals surface area (Å²) in [5, 5.41) is 2.86. The second-order valence-electron chi connectivity index (χ2n) is 6.93. The number of hydrogen-bond donors (Lipinski definition) is 2. The van der Waals surface area contributed by atoms with Crippen LogP contribution < -0.4 is 16.0 Å². The maximum absolute atomic E-state index is 12.6. The van der Waals surface area contributed by atoms with Gasteiger partial charge in [-0.15, -0.1) is 0 Å². The number of hydrogen-bond acceptors (Lipinski definition) is 3. The van der Waals surface area contributed by atoms with E-state index in [1.165, 1.54) is 5.56 Å². The number of carbonyl (C=O) groups excluding carboxylic acids is 2. The molecule has 26 heavy (non-hydrogen) atoms. The number of anilines is 2. The van der Waals surface area contributed by atoms with Gasteiger partial charge in [0, 0.05) is 24.0 Å². The van der Waals surface area contributed by atoms with Gasteiger partial charge in [-0.3, -0.25) is 9.59 Å². The summed E-state index contributed by atoms with van der Waals surface area (Å²) in [7, 11) is 0. The van der Waals surface area contributed by atoms with Crippen molar-refractivity contribution in [2.75, 3.05) is 16.8 Å². The first-order valence-corrected chi connectivity index (χ1v) is 8.99. The van der Waals surface area contributed by atoms with E-state index in [1.54, 1.807) is 6.92 Å². The number of nitrogens with zero attached hydrogens (tertiary/aromatic N) is 1. The highest BCUT2D eigenvalue weighted by Gasteiger charge is 2.24. The molecular formula is C21H25N3O2. The van der Waals surface area contributed by atoms with Gasteiger partial charge in [0.1, 0.15) is 0 Å². The van der Waals surface area contributed by atoms with E-state index in [9.17, 15) is 9.59 Å². The van der Waals surface area contributed by atoms with Crippen LogP contribution in [0.3, 0.4) is 0 Å². The Morgan fingerprint density at radius 3 is 2.50 bits per heavy atom. The third-order valence-corrected chi connectivity index (χ3v) is 4.97. The van der Waals surface area contributed by atoms with Crippen LogP contribution in [0.4, 0.5) is 11.4 Å². The summed E-state index contributed by atoms with van der Waals surface area (Å²) in [5.41, 5.74) is 9.65. The molecule has 2 unspecified atom stereocenters. The first-order valence-electron chi connectivity index (χ1n) is 8.99. The van der Waals surface area contributed by atoms with Gasteiger partial charge in [-0.2, -0.15) is 0 Å². The summed E-state index contributed by atoms with van der Waals surface area (Å²) in [6, 6.07) is 15.3. The van der Waals surface area contributed by atoms with Crippen LogP contribution in [0, 0.1) is 5.92 Å². The Bertz CT molecular complexity index is 799. The fourth-order valence-corrected chi connectivity index (χ4v) is 3.07. The summed E-state index contributed by atoms with van der Waals surface area (Å²) < 4.78 is 0. The van der Waals surface area contributed by atoms with Gasteiger partial charge in [-0.1, -0.05) is 37.3 Å². The highest BCUT2D eigenvalue weighted by Crippen LogP contribution is 2.28. The van der Waals surface area contributed by atoms with Gasteiger partial charge in [0.25, 0.3) is 0 Å². The average molecular weight is 351 g/mol. The van der Waals surface area contributed by atoms with Crippen molar-refractivity contribution in [2.45, 2.75) is 32.7 Å². The van der Waals surface area contributed by atoms with E-state index in [4.69, 9.17) is 5.73 Å². The number of benzene rings is 2. The summed E-state index contributed by atoms with van der Waals surface area (Å²) in [6.45, 7) is 4.36. The molecule has 2 atom stereocenters. The minimum atomic E-state index is -0.258. The van der Waals surface area contributed by atoms with Gasteiger partial charge in [0.05, 0.1) is 12.3 Å². The number of nitrogens with one attached hydrogen (secondary N) is 1. The van der Waals surface area contributed by atoms with E-state index in [0.29, 0.717) is 12.1 Å². The minimum Gasteiger partial charge on any atom is -0.327 e. The Morgan fingerprint density at radius 2 is 1.81 bits per heavy atom. The molecular weight excluding hydrogens is 326 g/mol. The molecule has 5 heteroatoms. The van der Waals surface area contributed by atoms with E-state index < -0.39 is 0 Å². The van der Waals surface area contributed by atoms with Crippen molar-refractivity contribution in [3.05, 3.63) is 59.7 Å². The molecule has 0 saturated heterocycles. The van der Waals surface area contributed by atoms with E-state index in [2.05, 4.69) is 11.4 Å². The van der Waals surface area contributed by atoms with E-state index in [0.717, 1.165) is 24.2 Å². The second-order valence-corrected chi connectivity index (χ2v) is 6.93. The first-order chi connectivity index (χ1) is 12.5. The van der Waals surface area contributed by atoms with Gasteiger partial charge in [-0.25, -0.2) is 0 Å². The van der Waals surface area contributed by atoms with Crippen LogP contribution in [0.5, 0.6) is 0 Å². The van der Waals surface area contributed by atoms with Gasteiger partial charge < -0.3 is 16.0 Å². The molecule has 1 aliphatic heterocycles. The Morgan fingerprint density at radius 1 is 1.12 bits per heavy atom. The molecule has 2 amide bonds. The quantitative estimate of drug-likeness (QED) is 0.870. The Hall–Kier alpha value is -2.66. The van der Waals surface area contributed by atoms with Crippen LogP contribution in [-0.4, -0.2) is 24.4 Å². The normalized spacial score (nSPS) is 15.3. The number of nitrogens with two attached hydrogens (primary N) is 1. The van der Waals surface area contributed by atoms with Crippen molar-refractivity contribution < 1.29 is 9.59 Å². The molecule has 0 radical (unpaired) electrons. The summed E-state index contributed by atoms with van der Waals surface area (Å²) >= 11 is 0. The van der Waals surface area contributed by atoms with Crippen molar-refractivity contribution in [3.63, 3.8) is 0 Å². The van der Waals surface area contributed by atoms with Crippen LogP contribution in [0.15, 0.2) is 48.5 Å². The van der Waals surface area contributed by atoms with Gasteiger partial charge in [-0.05, 0) is 42.7 Å². The molecule has 1 aliphatic rings. The lowest BCUT2D eigenvalue weighted by Gasteiger charge is -2.18. The SMILES string of the molecule is CC(N)C(C)C(=O)Nc1ccc(CC(=O)N2CCc3ccccc32)cc1. The lowest BCUT2D eigenvalue weighted by molar-refractivity contribution is -0.120. The Balaban J connectivity index is 1.61. The minimum absolute atomic E-state index is 0.0947. The largest absolute Gasteiger partial charge is 0.327 e. The zero-order chi connectivity index (χ0) is 18.7. The molecule has 2 aromatic rings. The predicted molar refractivity (Wildman–Crippen MR) is 104 cm³/mol. The van der Waals surface area contributed by atoms with E-state index in [-0.39, 0.29) is 23.8 Å². The Kier molecular flexibility index (Phi) is 5.38. The molecule has 0 bridgehead atoms. The predicted octanol–water partition coefficient (Wildman–Crippen LogP) is 2.74. The van der Waals surface area contributed by atoms with Crippen LogP contribution >= 0.6 is 0 Å². The average Bonchev–Trinajstić information content (AvgIpc) is 3.06. The molecule has 0 aliphatic carbocycles. The molecule has 3 N–H and O–H groups in total. The highest BCUT2D eigenvalue weighted by atomic mass is 16.2. The van der Waals surface area contributed by atoms with Crippen molar-refractivity contribution in [3.8, 4) is 0 Å². The molecule has 0 aromatic heterocycles. The third-order valence-electron chi connectivity index (χ3n) is 4.97. The number of carbonyl (C=O) groups is 2. The molecule has 0 saturated carbocycles. The van der Waals surface area contributed by atoms with Crippen molar-refractivity contribution >= 4 is 23.2 Å². The fourth-order valence-electron chi connectivity index (χ4n) is 3.07. The first kappa shape index (κ1) is 18.1. The van der Waals surface area contributed by atoms with Gasteiger partial charge in [0.15, 0.2) is 0 Å². The maximum atomic E-state index is 12.6. The van der Waals surface area contributed by atoms with Crippen LogP contribution in [-0.2, 0) is 22.4 Å². The number of amides is 2. The fraction of sp³-hybridized carbons (Fsp3) is 0.333. The van der Waals surface area contributed by atoms with Crippen molar-refractivity contribution in [2.24, 2.45) is 11.7 Å². The highest BCUT2D eigenvalue weighted by molar-refractivity contribution is 5.97. The van der Waals surface area contributed by atoms with Gasteiger partial charge >= 0.3 is 0 Å².